The number of aromatic nitrogens is 1. The van der Waals surface area contributed by atoms with Crippen LogP contribution in [0, 0.1) is 0 Å². The topological polar surface area (TPSA) is 57.4 Å². The lowest BCUT2D eigenvalue weighted by Gasteiger charge is -2.43. The number of nitrogens with zero attached hydrogens (tertiary/aromatic N) is 1. The zero-order valence-corrected chi connectivity index (χ0v) is 11.7. The molecule has 1 saturated heterocycles. The zero-order valence-electron chi connectivity index (χ0n) is 10.9. The summed E-state index contributed by atoms with van der Waals surface area (Å²) in [6.07, 6.45) is 3.50. The van der Waals surface area contributed by atoms with Gasteiger partial charge in [-0.05, 0) is 35.1 Å². The first-order chi connectivity index (χ1) is 9.65. The average molecular weight is 291 g/mol. The normalized spacial score (nSPS) is 21.4. The van der Waals surface area contributed by atoms with E-state index in [1.807, 2.05) is 12.1 Å². The van der Waals surface area contributed by atoms with Crippen molar-refractivity contribution in [1.82, 2.24) is 4.98 Å². The van der Waals surface area contributed by atoms with Gasteiger partial charge in [0.15, 0.2) is 5.79 Å². The van der Waals surface area contributed by atoms with Crippen LogP contribution in [0.1, 0.15) is 24.3 Å². The first-order valence-corrected chi connectivity index (χ1v) is 7.16. The Kier molecular flexibility index (Phi) is 2.67. The van der Waals surface area contributed by atoms with Gasteiger partial charge in [-0.3, -0.25) is 0 Å². The van der Waals surface area contributed by atoms with Crippen molar-refractivity contribution >= 4 is 28.2 Å². The van der Waals surface area contributed by atoms with Crippen LogP contribution in [0.3, 0.4) is 0 Å². The van der Waals surface area contributed by atoms with Gasteiger partial charge in [0.1, 0.15) is 5.82 Å². The van der Waals surface area contributed by atoms with E-state index in [4.69, 9.17) is 26.8 Å². The van der Waals surface area contributed by atoms with Crippen LogP contribution in [0.25, 0.3) is 10.8 Å². The third kappa shape index (κ3) is 1.87. The van der Waals surface area contributed by atoms with E-state index < -0.39 is 0 Å². The van der Waals surface area contributed by atoms with E-state index in [0.717, 1.165) is 34.2 Å². The third-order valence-corrected chi connectivity index (χ3v) is 4.55. The summed E-state index contributed by atoms with van der Waals surface area (Å²) in [6, 6.07) is 5.95. The van der Waals surface area contributed by atoms with Crippen molar-refractivity contribution in [2.75, 3.05) is 18.9 Å². The third-order valence-electron chi connectivity index (χ3n) is 4.23. The van der Waals surface area contributed by atoms with Crippen molar-refractivity contribution in [2.45, 2.75) is 24.5 Å². The Labute approximate surface area is 121 Å². The van der Waals surface area contributed by atoms with E-state index in [2.05, 4.69) is 11.1 Å². The van der Waals surface area contributed by atoms with Gasteiger partial charge in [-0.15, -0.1) is 0 Å². The van der Waals surface area contributed by atoms with Crippen molar-refractivity contribution in [3.05, 3.63) is 35.0 Å². The van der Waals surface area contributed by atoms with Gasteiger partial charge in [0.25, 0.3) is 0 Å². The fourth-order valence-electron chi connectivity index (χ4n) is 3.16. The summed E-state index contributed by atoms with van der Waals surface area (Å²) < 4.78 is 11.4. The van der Waals surface area contributed by atoms with Crippen molar-refractivity contribution < 1.29 is 9.47 Å². The smallest absolute Gasteiger partial charge is 0.169 e. The van der Waals surface area contributed by atoms with Gasteiger partial charge in [-0.25, -0.2) is 4.98 Å². The Balaban J connectivity index is 1.68. The highest BCUT2D eigenvalue weighted by Gasteiger charge is 2.50. The molecule has 2 N–H and O–H groups in total. The van der Waals surface area contributed by atoms with E-state index in [1.165, 1.54) is 0 Å². The number of nitrogen functional groups attached to an aromatic ring is 1. The SMILES string of the molecule is Nc1cc2cc(C3CC4(C3)OCCO4)c(Cl)cc2cn1. The Morgan fingerprint density at radius 2 is 1.90 bits per heavy atom. The lowest BCUT2D eigenvalue weighted by molar-refractivity contribution is -0.215. The van der Waals surface area contributed by atoms with Gasteiger partial charge in [0.05, 0.1) is 13.2 Å². The second-order valence-corrected chi connectivity index (χ2v) is 5.95. The second kappa shape index (κ2) is 4.32. The van der Waals surface area contributed by atoms with E-state index in [0.29, 0.717) is 24.9 Å². The summed E-state index contributed by atoms with van der Waals surface area (Å²) in [7, 11) is 0. The minimum Gasteiger partial charge on any atom is -0.384 e. The van der Waals surface area contributed by atoms with Gasteiger partial charge >= 0.3 is 0 Å². The van der Waals surface area contributed by atoms with E-state index in [-0.39, 0.29) is 5.79 Å². The summed E-state index contributed by atoms with van der Waals surface area (Å²) in [5.74, 6) is 0.568. The predicted molar refractivity (Wildman–Crippen MR) is 77.8 cm³/mol. The second-order valence-electron chi connectivity index (χ2n) is 5.54. The number of hydrogen-bond donors (Lipinski definition) is 1. The highest BCUT2D eigenvalue weighted by atomic mass is 35.5. The molecule has 0 radical (unpaired) electrons. The number of benzene rings is 1. The first kappa shape index (κ1) is 12.4. The van der Waals surface area contributed by atoms with Crippen LogP contribution in [0.4, 0.5) is 5.82 Å². The molecule has 0 bridgehead atoms. The molecule has 1 aliphatic heterocycles. The molecule has 20 heavy (non-hydrogen) atoms. The Morgan fingerprint density at radius 3 is 2.65 bits per heavy atom. The number of anilines is 1. The molecule has 5 heteroatoms. The Hall–Kier alpha value is -1.36. The monoisotopic (exact) mass is 290 g/mol. The number of ether oxygens (including phenoxy) is 2. The van der Waals surface area contributed by atoms with E-state index >= 15 is 0 Å². The molecular formula is C15H15ClN2O2. The van der Waals surface area contributed by atoms with Gasteiger partial charge in [-0.2, -0.15) is 0 Å². The van der Waals surface area contributed by atoms with Crippen LogP contribution in [0.5, 0.6) is 0 Å². The molecule has 0 unspecified atom stereocenters. The van der Waals surface area contributed by atoms with Crippen LogP contribution in [0.15, 0.2) is 24.4 Å². The lowest BCUT2D eigenvalue weighted by atomic mass is 9.74. The van der Waals surface area contributed by atoms with Gasteiger partial charge in [-0.1, -0.05) is 11.6 Å². The minimum atomic E-state index is -0.347. The summed E-state index contributed by atoms with van der Waals surface area (Å²) in [5, 5.41) is 2.86. The Bertz CT molecular complexity index is 675. The maximum absolute atomic E-state index is 6.40. The van der Waals surface area contributed by atoms with Gasteiger partial charge in [0.2, 0.25) is 0 Å². The highest BCUT2D eigenvalue weighted by Crippen LogP contribution is 2.51. The number of fused-ring (bicyclic) bond motifs is 1. The lowest BCUT2D eigenvalue weighted by Crippen LogP contribution is -2.43. The summed E-state index contributed by atoms with van der Waals surface area (Å²) in [6.45, 7) is 1.39. The number of halogens is 1. The van der Waals surface area contributed by atoms with E-state index in [1.54, 1.807) is 6.20 Å². The first-order valence-electron chi connectivity index (χ1n) is 6.78. The molecule has 2 fully saturated rings. The maximum Gasteiger partial charge on any atom is 0.169 e. The van der Waals surface area contributed by atoms with Crippen LogP contribution >= 0.6 is 11.6 Å². The molecule has 1 aromatic heterocycles. The molecule has 104 valence electrons. The fraction of sp³-hybridized carbons (Fsp3) is 0.400. The molecule has 2 aromatic rings. The quantitative estimate of drug-likeness (QED) is 0.877. The molecular weight excluding hydrogens is 276 g/mol. The molecule has 2 aliphatic rings. The number of nitrogens with two attached hydrogens (primary N) is 1. The molecule has 4 rings (SSSR count). The van der Waals surface area contributed by atoms with Crippen LogP contribution < -0.4 is 5.73 Å². The molecule has 1 aromatic carbocycles. The fourth-order valence-corrected chi connectivity index (χ4v) is 3.48. The molecule has 1 spiro atoms. The van der Waals surface area contributed by atoms with E-state index in [9.17, 15) is 0 Å². The highest BCUT2D eigenvalue weighted by molar-refractivity contribution is 6.32. The zero-order chi connectivity index (χ0) is 13.7. The molecule has 0 atom stereocenters. The minimum absolute atomic E-state index is 0.347. The van der Waals surface area contributed by atoms with Gasteiger partial charge < -0.3 is 15.2 Å². The molecule has 2 heterocycles. The van der Waals surface area contributed by atoms with Crippen molar-refractivity contribution in [3.8, 4) is 0 Å². The van der Waals surface area contributed by atoms with Crippen molar-refractivity contribution in [3.63, 3.8) is 0 Å². The average Bonchev–Trinajstić information content (AvgIpc) is 2.86. The summed E-state index contributed by atoms with van der Waals surface area (Å²) in [5.41, 5.74) is 6.89. The summed E-state index contributed by atoms with van der Waals surface area (Å²) >= 11 is 6.40. The van der Waals surface area contributed by atoms with Crippen LogP contribution in [-0.4, -0.2) is 24.0 Å². The van der Waals surface area contributed by atoms with Crippen LogP contribution in [-0.2, 0) is 9.47 Å². The van der Waals surface area contributed by atoms with Crippen molar-refractivity contribution in [1.29, 1.82) is 0 Å². The number of rotatable bonds is 1. The molecule has 1 aliphatic carbocycles. The van der Waals surface area contributed by atoms with Gasteiger partial charge in [0, 0.05) is 29.4 Å². The summed E-state index contributed by atoms with van der Waals surface area (Å²) in [4.78, 5) is 4.09. The Morgan fingerprint density at radius 1 is 1.15 bits per heavy atom. The molecule has 0 amide bonds. The standard InChI is InChI=1S/C15H15ClN2O2/c16-13-4-10-8-18-14(17)5-9(10)3-12(13)11-6-15(7-11)19-1-2-20-15/h3-5,8,11H,1-2,6-7H2,(H2,17,18). The van der Waals surface area contributed by atoms with Crippen molar-refractivity contribution in [2.24, 2.45) is 0 Å². The molecule has 4 nitrogen and oxygen atoms in total. The number of hydrogen-bond acceptors (Lipinski definition) is 4. The number of pyridine rings is 1. The predicted octanol–water partition coefficient (Wildman–Crippen LogP) is 3.09. The largest absolute Gasteiger partial charge is 0.384 e. The maximum atomic E-state index is 6.40. The van der Waals surface area contributed by atoms with Crippen LogP contribution in [0.2, 0.25) is 5.02 Å². The molecule has 1 saturated carbocycles.